The lowest BCUT2D eigenvalue weighted by Crippen LogP contribution is -2.28. The summed E-state index contributed by atoms with van der Waals surface area (Å²) in [5.74, 6) is 0.782. The highest BCUT2D eigenvalue weighted by molar-refractivity contribution is 7.99. The van der Waals surface area contributed by atoms with Crippen molar-refractivity contribution in [2.45, 2.75) is 18.1 Å². The van der Waals surface area contributed by atoms with Crippen molar-refractivity contribution < 1.29 is 9.59 Å². The van der Waals surface area contributed by atoms with Crippen molar-refractivity contribution in [3.8, 4) is 0 Å². The molecule has 6 nitrogen and oxygen atoms in total. The number of benzene rings is 2. The second kappa shape index (κ2) is 8.64. The van der Waals surface area contributed by atoms with E-state index in [-0.39, 0.29) is 23.5 Å². The van der Waals surface area contributed by atoms with Gasteiger partial charge in [0, 0.05) is 18.2 Å². The van der Waals surface area contributed by atoms with E-state index in [1.807, 2.05) is 50.4 Å². The molecule has 0 aliphatic rings. The number of carbonyl (C=O) groups is 2. The van der Waals surface area contributed by atoms with Gasteiger partial charge in [-0.05, 0) is 19.1 Å². The standard InChI is InChI=1S/C20H20N4O2S/c1-14(21-19(26)16-11-7-4-8-12-16)18-22-23-20(24(18)2)27-13-17(25)15-9-5-3-6-10-15/h3-12,14H,13H2,1-2H3,(H,21,26). The molecular formula is C20H20N4O2S. The van der Waals surface area contributed by atoms with Crippen molar-refractivity contribution in [1.82, 2.24) is 20.1 Å². The lowest BCUT2D eigenvalue weighted by Gasteiger charge is -2.13. The molecule has 1 heterocycles. The number of thioether (sulfide) groups is 1. The van der Waals surface area contributed by atoms with Crippen LogP contribution in [0.15, 0.2) is 65.8 Å². The molecule has 1 N–H and O–H groups in total. The molecule has 27 heavy (non-hydrogen) atoms. The zero-order valence-corrected chi connectivity index (χ0v) is 15.9. The molecule has 1 atom stereocenters. The Bertz CT molecular complexity index is 926. The first-order valence-corrected chi connectivity index (χ1v) is 9.51. The first kappa shape index (κ1) is 18.8. The van der Waals surface area contributed by atoms with Gasteiger partial charge in [0.1, 0.15) is 0 Å². The summed E-state index contributed by atoms with van der Waals surface area (Å²) < 4.78 is 1.80. The van der Waals surface area contributed by atoms with E-state index in [1.165, 1.54) is 11.8 Å². The van der Waals surface area contributed by atoms with Crippen LogP contribution in [0.2, 0.25) is 0 Å². The molecule has 2 aromatic carbocycles. The Kier molecular flexibility index (Phi) is 6.03. The van der Waals surface area contributed by atoms with Gasteiger partial charge in [-0.1, -0.05) is 60.3 Å². The molecular weight excluding hydrogens is 360 g/mol. The largest absolute Gasteiger partial charge is 0.342 e. The first-order chi connectivity index (χ1) is 13.1. The van der Waals surface area contributed by atoms with E-state index in [4.69, 9.17) is 0 Å². The minimum absolute atomic E-state index is 0.0376. The molecule has 0 radical (unpaired) electrons. The fourth-order valence-corrected chi connectivity index (χ4v) is 3.41. The third-order valence-electron chi connectivity index (χ3n) is 4.07. The van der Waals surface area contributed by atoms with Crippen LogP contribution in [0.25, 0.3) is 0 Å². The zero-order chi connectivity index (χ0) is 19.2. The van der Waals surface area contributed by atoms with E-state index in [1.54, 1.807) is 28.8 Å². The number of rotatable bonds is 7. The van der Waals surface area contributed by atoms with E-state index in [2.05, 4.69) is 15.5 Å². The SMILES string of the molecule is CC(NC(=O)c1ccccc1)c1nnc(SCC(=O)c2ccccc2)n1C. The minimum Gasteiger partial charge on any atom is -0.342 e. The van der Waals surface area contributed by atoms with E-state index in [9.17, 15) is 9.59 Å². The molecule has 0 fully saturated rings. The van der Waals surface area contributed by atoms with Gasteiger partial charge in [-0.15, -0.1) is 10.2 Å². The Morgan fingerprint density at radius 2 is 1.59 bits per heavy atom. The second-order valence-corrected chi connectivity index (χ2v) is 6.98. The predicted molar refractivity (Wildman–Crippen MR) is 105 cm³/mol. The highest BCUT2D eigenvalue weighted by Gasteiger charge is 2.19. The van der Waals surface area contributed by atoms with Crippen molar-refractivity contribution in [2.24, 2.45) is 7.05 Å². The maximum Gasteiger partial charge on any atom is 0.251 e. The molecule has 1 amide bonds. The fraction of sp³-hybridized carbons (Fsp3) is 0.200. The molecule has 7 heteroatoms. The minimum atomic E-state index is -0.311. The van der Waals surface area contributed by atoms with Crippen LogP contribution in [-0.4, -0.2) is 32.2 Å². The third-order valence-corrected chi connectivity index (χ3v) is 5.09. The van der Waals surface area contributed by atoms with E-state index >= 15 is 0 Å². The summed E-state index contributed by atoms with van der Waals surface area (Å²) in [6.45, 7) is 1.86. The number of nitrogens with zero attached hydrogens (tertiary/aromatic N) is 3. The van der Waals surface area contributed by atoms with Gasteiger partial charge >= 0.3 is 0 Å². The lowest BCUT2D eigenvalue weighted by atomic mass is 10.2. The summed E-state index contributed by atoms with van der Waals surface area (Å²) in [7, 11) is 1.83. The molecule has 138 valence electrons. The summed E-state index contributed by atoms with van der Waals surface area (Å²) in [6, 6.07) is 17.9. The van der Waals surface area contributed by atoms with Gasteiger partial charge in [0.15, 0.2) is 16.8 Å². The van der Waals surface area contributed by atoms with E-state index in [0.717, 1.165) is 0 Å². The van der Waals surface area contributed by atoms with Crippen LogP contribution in [0.3, 0.4) is 0 Å². The van der Waals surface area contributed by atoms with E-state index < -0.39 is 0 Å². The van der Waals surface area contributed by atoms with Crippen LogP contribution in [0, 0.1) is 0 Å². The van der Waals surface area contributed by atoms with Gasteiger partial charge in [0.25, 0.3) is 5.91 Å². The first-order valence-electron chi connectivity index (χ1n) is 8.52. The van der Waals surface area contributed by atoms with Crippen molar-refractivity contribution in [2.75, 3.05) is 5.75 Å². The van der Waals surface area contributed by atoms with Crippen LogP contribution in [0.1, 0.15) is 39.5 Å². The maximum absolute atomic E-state index is 12.3. The van der Waals surface area contributed by atoms with Gasteiger partial charge in [-0.3, -0.25) is 9.59 Å². The molecule has 0 bridgehead atoms. The molecule has 0 aliphatic carbocycles. The molecule has 3 aromatic rings. The smallest absolute Gasteiger partial charge is 0.251 e. The number of hydrogen-bond acceptors (Lipinski definition) is 5. The summed E-state index contributed by atoms with van der Waals surface area (Å²) >= 11 is 1.33. The predicted octanol–water partition coefficient (Wildman–Crippen LogP) is 3.28. The number of ketones is 1. The number of carbonyl (C=O) groups excluding carboxylic acids is 2. The highest BCUT2D eigenvalue weighted by Crippen LogP contribution is 2.20. The molecule has 0 saturated carbocycles. The molecule has 3 rings (SSSR count). The Balaban J connectivity index is 1.62. The number of nitrogens with one attached hydrogen (secondary N) is 1. The molecule has 0 spiro atoms. The van der Waals surface area contributed by atoms with Crippen molar-refractivity contribution in [3.05, 3.63) is 77.6 Å². The van der Waals surface area contributed by atoms with Crippen LogP contribution in [0.5, 0.6) is 0 Å². The van der Waals surface area contributed by atoms with Gasteiger partial charge in [0.05, 0.1) is 11.8 Å². The normalized spacial score (nSPS) is 11.8. The Hall–Kier alpha value is -2.93. The van der Waals surface area contributed by atoms with Crippen LogP contribution in [-0.2, 0) is 7.05 Å². The Labute approximate surface area is 162 Å². The fourth-order valence-electron chi connectivity index (χ4n) is 2.60. The molecule has 1 aromatic heterocycles. The van der Waals surface area contributed by atoms with Crippen LogP contribution >= 0.6 is 11.8 Å². The second-order valence-electron chi connectivity index (χ2n) is 6.04. The van der Waals surface area contributed by atoms with Gasteiger partial charge in [0.2, 0.25) is 0 Å². The summed E-state index contributed by atoms with van der Waals surface area (Å²) in [4.78, 5) is 24.5. The lowest BCUT2D eigenvalue weighted by molar-refractivity contribution is 0.0937. The van der Waals surface area contributed by atoms with Crippen LogP contribution < -0.4 is 5.32 Å². The van der Waals surface area contributed by atoms with Crippen molar-refractivity contribution >= 4 is 23.5 Å². The summed E-state index contributed by atoms with van der Waals surface area (Å²) in [5, 5.41) is 11.9. The van der Waals surface area contributed by atoms with Crippen molar-refractivity contribution in [3.63, 3.8) is 0 Å². The topological polar surface area (TPSA) is 76.9 Å². The zero-order valence-electron chi connectivity index (χ0n) is 15.1. The molecule has 0 aliphatic heterocycles. The molecule has 0 saturated heterocycles. The number of aromatic nitrogens is 3. The van der Waals surface area contributed by atoms with Gasteiger partial charge < -0.3 is 9.88 Å². The third kappa shape index (κ3) is 4.62. The Morgan fingerprint density at radius 1 is 1.00 bits per heavy atom. The van der Waals surface area contributed by atoms with E-state index in [0.29, 0.717) is 22.1 Å². The summed E-state index contributed by atoms with van der Waals surface area (Å²) in [5.41, 5.74) is 1.27. The quantitative estimate of drug-likeness (QED) is 0.503. The Morgan fingerprint density at radius 3 is 2.22 bits per heavy atom. The monoisotopic (exact) mass is 380 g/mol. The highest BCUT2D eigenvalue weighted by atomic mass is 32.2. The molecule has 1 unspecified atom stereocenters. The number of amides is 1. The number of hydrogen-bond donors (Lipinski definition) is 1. The van der Waals surface area contributed by atoms with Crippen LogP contribution in [0.4, 0.5) is 0 Å². The van der Waals surface area contributed by atoms with Gasteiger partial charge in [-0.25, -0.2) is 0 Å². The average Bonchev–Trinajstić information content (AvgIpc) is 3.08. The number of Topliss-reactive ketones (excluding diaryl/α,β-unsaturated/α-hetero) is 1. The summed E-state index contributed by atoms with van der Waals surface area (Å²) in [6.07, 6.45) is 0. The van der Waals surface area contributed by atoms with Gasteiger partial charge in [-0.2, -0.15) is 0 Å². The average molecular weight is 380 g/mol. The maximum atomic E-state index is 12.3. The van der Waals surface area contributed by atoms with Crippen molar-refractivity contribution in [1.29, 1.82) is 0 Å².